The van der Waals surface area contributed by atoms with Crippen molar-refractivity contribution in [3.05, 3.63) is 35.4 Å². The van der Waals surface area contributed by atoms with Crippen molar-refractivity contribution in [1.29, 1.82) is 0 Å². The molecule has 0 radical (unpaired) electrons. The monoisotopic (exact) mass is 214 g/mol. The van der Waals surface area contributed by atoms with Crippen LogP contribution in [0.15, 0.2) is 24.3 Å². The molecule has 0 aromatic heterocycles. The van der Waals surface area contributed by atoms with Gasteiger partial charge in [0.2, 0.25) is 0 Å². The molecule has 0 bridgehead atoms. The first kappa shape index (κ1) is 9.35. The zero-order valence-electron chi connectivity index (χ0n) is 7.05. The molecule has 1 aromatic rings. The zero-order chi connectivity index (χ0) is 9.47. The largest absolute Gasteiger partial charge is 0.345 e. The summed E-state index contributed by atoms with van der Waals surface area (Å²) in [6, 6.07) is 8.00. The molecule has 13 heavy (non-hydrogen) atoms. The topological polar surface area (TPSA) is 40.5 Å². The van der Waals surface area contributed by atoms with Gasteiger partial charge in [-0.25, -0.2) is 0 Å². The fourth-order valence-electron chi connectivity index (χ4n) is 1.77. The maximum absolute atomic E-state index is 9.37. The Kier molecular flexibility index (Phi) is 2.28. The number of fused-ring (bicyclic) bond motifs is 1. The van der Waals surface area contributed by atoms with E-state index in [0.717, 1.165) is 12.8 Å². The Morgan fingerprint density at radius 1 is 1.15 bits per heavy atom. The van der Waals surface area contributed by atoms with Crippen LogP contribution in [0.1, 0.15) is 11.1 Å². The quantitative estimate of drug-likeness (QED) is 0.695. The summed E-state index contributed by atoms with van der Waals surface area (Å²) in [5.74, 6) is 0. The summed E-state index contributed by atoms with van der Waals surface area (Å²) in [7, 11) is 0. The van der Waals surface area contributed by atoms with Crippen LogP contribution in [-0.2, 0) is 24.6 Å². The Bertz CT molecular complexity index is 347. The van der Waals surface area contributed by atoms with Crippen LogP contribution >= 0.6 is 6.49 Å². The van der Waals surface area contributed by atoms with E-state index in [0.29, 0.717) is 0 Å². The molecule has 0 amide bonds. The highest BCUT2D eigenvalue weighted by atomic mass is 32.5. The predicted molar refractivity (Wildman–Crippen MR) is 56.4 cm³/mol. The van der Waals surface area contributed by atoms with Gasteiger partial charge in [-0.15, -0.1) is 0 Å². The van der Waals surface area contributed by atoms with Crippen molar-refractivity contribution in [3.8, 4) is 0 Å². The van der Waals surface area contributed by atoms with Crippen molar-refractivity contribution in [2.45, 2.75) is 18.5 Å². The van der Waals surface area contributed by atoms with E-state index in [4.69, 9.17) is 11.8 Å². The van der Waals surface area contributed by atoms with Gasteiger partial charge in [0.25, 0.3) is 0 Å². The summed E-state index contributed by atoms with van der Waals surface area (Å²) < 4.78 is 0. The lowest BCUT2D eigenvalue weighted by Crippen LogP contribution is -2.06. The molecule has 0 heterocycles. The summed E-state index contributed by atoms with van der Waals surface area (Å²) in [5, 5.41) is 0. The lowest BCUT2D eigenvalue weighted by Gasteiger charge is -2.14. The summed E-state index contributed by atoms with van der Waals surface area (Å²) in [5.41, 5.74) is 2.30. The van der Waals surface area contributed by atoms with Crippen LogP contribution in [0.5, 0.6) is 0 Å². The van der Waals surface area contributed by atoms with Crippen molar-refractivity contribution in [2.75, 3.05) is 0 Å². The highest BCUT2D eigenvalue weighted by molar-refractivity contribution is 8.09. The summed E-state index contributed by atoms with van der Waals surface area (Å²) in [6.07, 6.45) is 1.45. The zero-order valence-corrected chi connectivity index (χ0v) is 8.76. The summed E-state index contributed by atoms with van der Waals surface area (Å²) >= 11 is 4.71. The Morgan fingerprint density at radius 3 is 2.00 bits per heavy atom. The smallest absolute Gasteiger partial charge is 0.187 e. The van der Waals surface area contributed by atoms with E-state index in [1.165, 1.54) is 11.1 Å². The molecule has 0 aliphatic heterocycles. The second-order valence-electron chi connectivity index (χ2n) is 3.42. The Morgan fingerprint density at radius 2 is 1.62 bits per heavy atom. The van der Waals surface area contributed by atoms with Crippen LogP contribution in [0.4, 0.5) is 0 Å². The van der Waals surface area contributed by atoms with Crippen molar-refractivity contribution in [1.82, 2.24) is 0 Å². The highest BCUT2D eigenvalue weighted by Gasteiger charge is 2.30. The van der Waals surface area contributed by atoms with Gasteiger partial charge in [-0.2, -0.15) is 0 Å². The van der Waals surface area contributed by atoms with E-state index in [-0.39, 0.29) is 5.66 Å². The molecule has 0 fully saturated rings. The van der Waals surface area contributed by atoms with E-state index in [1.807, 2.05) is 24.3 Å². The fraction of sp³-hybridized carbons (Fsp3) is 0.333. The maximum Gasteiger partial charge on any atom is 0.187 e. The van der Waals surface area contributed by atoms with E-state index < -0.39 is 6.49 Å². The molecule has 2 nitrogen and oxygen atoms in total. The SMILES string of the molecule is OP(O)(=S)C1Cc2ccccc2C1. The van der Waals surface area contributed by atoms with Gasteiger partial charge in [-0.05, 0) is 35.8 Å². The molecule has 0 saturated heterocycles. The normalized spacial score (nSPS) is 17.4. The second-order valence-corrected chi connectivity index (χ2v) is 6.94. The lowest BCUT2D eigenvalue weighted by molar-refractivity contribution is 0.461. The molecule has 0 spiro atoms. The maximum atomic E-state index is 9.37. The number of hydrogen-bond donors (Lipinski definition) is 2. The first-order chi connectivity index (χ1) is 6.07. The molecule has 2 rings (SSSR count). The standard InChI is InChI=1S/C9H11O2PS/c10-12(11,13)9-5-7-3-1-2-4-8(7)6-9/h1-4,9H,5-6H2,(H2,10,11,13). The van der Waals surface area contributed by atoms with Gasteiger partial charge in [0, 0.05) is 5.66 Å². The predicted octanol–water partition coefficient (Wildman–Crippen LogP) is 1.45. The minimum Gasteiger partial charge on any atom is -0.345 e. The number of benzene rings is 1. The van der Waals surface area contributed by atoms with Crippen LogP contribution in [0, 0.1) is 0 Å². The van der Waals surface area contributed by atoms with Crippen LogP contribution in [0.3, 0.4) is 0 Å². The Hall–Kier alpha value is -0.210. The van der Waals surface area contributed by atoms with E-state index in [9.17, 15) is 9.79 Å². The van der Waals surface area contributed by atoms with Crippen LogP contribution in [0.25, 0.3) is 0 Å². The molecule has 1 aliphatic rings. The van der Waals surface area contributed by atoms with Gasteiger partial charge in [0.15, 0.2) is 6.49 Å². The van der Waals surface area contributed by atoms with Crippen LogP contribution in [0.2, 0.25) is 0 Å². The van der Waals surface area contributed by atoms with Crippen molar-refractivity contribution >= 4 is 18.3 Å². The molecule has 2 N–H and O–H groups in total. The first-order valence-electron chi connectivity index (χ1n) is 4.19. The molecule has 4 heteroatoms. The Balaban J connectivity index is 2.28. The molecule has 1 aromatic carbocycles. The molecule has 0 saturated carbocycles. The summed E-state index contributed by atoms with van der Waals surface area (Å²) in [6.45, 7) is -3.06. The minimum atomic E-state index is -3.06. The second kappa shape index (κ2) is 3.18. The molecule has 1 aliphatic carbocycles. The number of rotatable bonds is 1. The van der Waals surface area contributed by atoms with Gasteiger partial charge >= 0.3 is 0 Å². The molecule has 0 atom stereocenters. The van der Waals surface area contributed by atoms with Crippen molar-refractivity contribution in [3.63, 3.8) is 0 Å². The first-order valence-corrected chi connectivity index (χ1v) is 6.97. The lowest BCUT2D eigenvalue weighted by atomic mass is 10.1. The van der Waals surface area contributed by atoms with Gasteiger partial charge in [-0.1, -0.05) is 24.3 Å². The average molecular weight is 214 g/mol. The van der Waals surface area contributed by atoms with Gasteiger partial charge in [-0.3, -0.25) is 0 Å². The van der Waals surface area contributed by atoms with E-state index >= 15 is 0 Å². The third-order valence-electron chi connectivity index (χ3n) is 2.51. The van der Waals surface area contributed by atoms with Crippen LogP contribution < -0.4 is 0 Å². The average Bonchev–Trinajstić information content (AvgIpc) is 2.45. The molecular formula is C9H11O2PS. The van der Waals surface area contributed by atoms with E-state index in [2.05, 4.69) is 0 Å². The highest BCUT2D eigenvalue weighted by Crippen LogP contribution is 2.48. The van der Waals surface area contributed by atoms with Crippen LogP contribution in [-0.4, -0.2) is 15.4 Å². The van der Waals surface area contributed by atoms with E-state index in [1.54, 1.807) is 0 Å². The third-order valence-corrected chi connectivity index (χ3v) is 4.72. The van der Waals surface area contributed by atoms with Gasteiger partial charge in [0.05, 0.1) is 0 Å². The van der Waals surface area contributed by atoms with Gasteiger partial charge in [0.1, 0.15) is 0 Å². The third kappa shape index (κ3) is 1.84. The molecule has 0 unspecified atom stereocenters. The molecular weight excluding hydrogens is 203 g/mol. The van der Waals surface area contributed by atoms with Crippen molar-refractivity contribution in [2.24, 2.45) is 0 Å². The number of hydrogen-bond acceptors (Lipinski definition) is 1. The Labute approximate surface area is 82.4 Å². The molecule has 70 valence electrons. The summed E-state index contributed by atoms with van der Waals surface area (Å²) in [4.78, 5) is 18.7. The minimum absolute atomic E-state index is 0.125. The van der Waals surface area contributed by atoms with Gasteiger partial charge < -0.3 is 9.79 Å². The van der Waals surface area contributed by atoms with Crippen molar-refractivity contribution < 1.29 is 9.79 Å². The fourth-order valence-corrected chi connectivity index (χ4v) is 3.09.